The van der Waals surface area contributed by atoms with Crippen LogP contribution in [0, 0.1) is 0 Å². The Morgan fingerprint density at radius 3 is 1.86 bits per heavy atom. The second kappa shape index (κ2) is 7.54. The van der Waals surface area contributed by atoms with Crippen LogP contribution in [0.5, 0.6) is 0 Å². The molecule has 0 aliphatic carbocycles. The van der Waals surface area contributed by atoms with Gasteiger partial charge >= 0.3 is 27.6 Å². The van der Waals surface area contributed by atoms with Crippen LogP contribution in [0.1, 0.15) is 13.8 Å². The minimum Gasteiger partial charge on any atom is -0.464 e. The SMILES string of the molecule is CCOC(=O)[C@@H](F)[C@H](OS(=O)(=O)C(F)(F)F)C(=O)OCC. The van der Waals surface area contributed by atoms with Crippen molar-refractivity contribution in [1.29, 1.82) is 0 Å². The van der Waals surface area contributed by atoms with Gasteiger partial charge in [-0.15, -0.1) is 0 Å². The predicted octanol–water partition coefficient (Wildman–Crippen LogP) is 0.685. The van der Waals surface area contributed by atoms with Crippen molar-refractivity contribution in [1.82, 2.24) is 0 Å². The molecule has 0 fully saturated rings. The summed E-state index contributed by atoms with van der Waals surface area (Å²) in [5.74, 6) is -3.54. The Morgan fingerprint density at radius 2 is 1.48 bits per heavy atom. The zero-order valence-corrected chi connectivity index (χ0v) is 11.7. The topological polar surface area (TPSA) is 96.0 Å². The molecule has 124 valence electrons. The van der Waals surface area contributed by atoms with Crippen molar-refractivity contribution in [3.63, 3.8) is 0 Å². The van der Waals surface area contributed by atoms with Gasteiger partial charge in [-0.05, 0) is 13.8 Å². The van der Waals surface area contributed by atoms with Crippen LogP contribution in [-0.2, 0) is 33.4 Å². The van der Waals surface area contributed by atoms with Crippen LogP contribution in [0.15, 0.2) is 0 Å². The maximum absolute atomic E-state index is 13.6. The van der Waals surface area contributed by atoms with Crippen molar-refractivity contribution in [2.45, 2.75) is 31.6 Å². The molecule has 2 atom stereocenters. The summed E-state index contributed by atoms with van der Waals surface area (Å²) in [6.07, 6.45) is -6.04. The molecular formula is C9H12F4O7S. The van der Waals surface area contributed by atoms with E-state index in [9.17, 15) is 35.6 Å². The zero-order valence-electron chi connectivity index (χ0n) is 10.8. The summed E-state index contributed by atoms with van der Waals surface area (Å²) < 4.78 is 83.4. The molecule has 0 unspecified atom stereocenters. The van der Waals surface area contributed by atoms with Gasteiger partial charge in [0.05, 0.1) is 13.2 Å². The van der Waals surface area contributed by atoms with Crippen LogP contribution < -0.4 is 0 Å². The van der Waals surface area contributed by atoms with Crippen molar-refractivity contribution in [2.24, 2.45) is 0 Å². The minimum atomic E-state index is -6.30. The fourth-order valence-corrected chi connectivity index (χ4v) is 1.53. The van der Waals surface area contributed by atoms with Crippen molar-refractivity contribution in [3.05, 3.63) is 0 Å². The number of carbonyl (C=O) groups is 2. The fourth-order valence-electron chi connectivity index (χ4n) is 0.968. The number of carbonyl (C=O) groups excluding carboxylic acids is 2. The van der Waals surface area contributed by atoms with Crippen LogP contribution >= 0.6 is 0 Å². The lowest BCUT2D eigenvalue weighted by Gasteiger charge is -2.19. The van der Waals surface area contributed by atoms with Crippen LogP contribution in [0.4, 0.5) is 17.6 Å². The van der Waals surface area contributed by atoms with Crippen molar-refractivity contribution >= 4 is 22.1 Å². The summed E-state index contributed by atoms with van der Waals surface area (Å²) in [6.45, 7) is 1.74. The molecule has 12 heteroatoms. The molecular weight excluding hydrogens is 328 g/mol. The summed E-state index contributed by atoms with van der Waals surface area (Å²) in [6, 6.07) is 0. The molecule has 0 spiro atoms. The second-order valence-electron chi connectivity index (χ2n) is 3.32. The number of alkyl halides is 4. The maximum Gasteiger partial charge on any atom is 0.523 e. The molecule has 0 aromatic carbocycles. The van der Waals surface area contributed by atoms with E-state index in [4.69, 9.17) is 0 Å². The molecule has 0 rings (SSSR count). The number of ether oxygens (including phenoxy) is 2. The Hall–Kier alpha value is -1.43. The van der Waals surface area contributed by atoms with Gasteiger partial charge in [-0.25, -0.2) is 18.2 Å². The molecule has 0 aromatic rings. The third-order valence-electron chi connectivity index (χ3n) is 1.81. The standard InChI is InChI=1S/C9H12F4O7S/c1-3-18-7(14)5(10)6(8(15)19-4-2)20-21(16,17)9(11,12)13/h5-6H,3-4H2,1-2H3/t5-,6-/m0/s1. The van der Waals surface area contributed by atoms with E-state index in [1.165, 1.54) is 13.8 Å². The van der Waals surface area contributed by atoms with Gasteiger partial charge in [-0.2, -0.15) is 21.6 Å². The third kappa shape index (κ3) is 5.46. The first-order valence-corrected chi connectivity index (χ1v) is 6.85. The largest absolute Gasteiger partial charge is 0.523 e. The number of rotatable bonds is 7. The van der Waals surface area contributed by atoms with Gasteiger partial charge in [0.2, 0.25) is 12.3 Å². The highest BCUT2D eigenvalue weighted by molar-refractivity contribution is 7.87. The minimum absolute atomic E-state index is 0.346. The highest BCUT2D eigenvalue weighted by Gasteiger charge is 2.52. The van der Waals surface area contributed by atoms with Gasteiger partial charge in [0, 0.05) is 0 Å². The molecule has 21 heavy (non-hydrogen) atoms. The highest BCUT2D eigenvalue weighted by Crippen LogP contribution is 2.27. The molecule has 0 amide bonds. The first kappa shape index (κ1) is 19.6. The van der Waals surface area contributed by atoms with Crippen LogP contribution in [0.3, 0.4) is 0 Å². The molecule has 0 aliphatic rings. The molecule has 7 nitrogen and oxygen atoms in total. The monoisotopic (exact) mass is 340 g/mol. The summed E-state index contributed by atoms with van der Waals surface area (Å²) in [4.78, 5) is 22.3. The Morgan fingerprint density at radius 1 is 1.05 bits per heavy atom. The number of esters is 2. The Bertz CT molecular complexity index is 473. The lowest BCUT2D eigenvalue weighted by atomic mass is 10.2. The summed E-state index contributed by atoms with van der Waals surface area (Å²) in [7, 11) is -6.30. The summed E-state index contributed by atoms with van der Waals surface area (Å²) in [5.41, 5.74) is -5.90. The molecule has 0 bridgehead atoms. The van der Waals surface area contributed by atoms with Crippen molar-refractivity contribution in [3.8, 4) is 0 Å². The van der Waals surface area contributed by atoms with E-state index in [2.05, 4.69) is 13.7 Å². The summed E-state index contributed by atoms with van der Waals surface area (Å²) in [5, 5.41) is 0. The van der Waals surface area contributed by atoms with Crippen LogP contribution in [0.2, 0.25) is 0 Å². The molecule has 0 heterocycles. The van der Waals surface area contributed by atoms with Crippen LogP contribution in [0.25, 0.3) is 0 Å². The average Bonchev–Trinajstić information content (AvgIpc) is 2.34. The molecule has 0 saturated heterocycles. The van der Waals surface area contributed by atoms with Crippen LogP contribution in [-0.4, -0.2) is 51.4 Å². The lowest BCUT2D eigenvalue weighted by Crippen LogP contribution is -2.44. The Labute approximate surface area is 117 Å². The smallest absolute Gasteiger partial charge is 0.464 e. The van der Waals surface area contributed by atoms with Gasteiger partial charge in [-0.1, -0.05) is 0 Å². The second-order valence-corrected chi connectivity index (χ2v) is 4.89. The fraction of sp³-hybridized carbons (Fsp3) is 0.778. The van der Waals surface area contributed by atoms with E-state index >= 15 is 0 Å². The Kier molecular flexibility index (Phi) is 7.03. The van der Waals surface area contributed by atoms with Gasteiger partial charge in [-0.3, -0.25) is 0 Å². The normalized spacial score (nSPS) is 15.1. The maximum atomic E-state index is 13.6. The van der Waals surface area contributed by atoms with E-state index in [0.29, 0.717) is 0 Å². The van der Waals surface area contributed by atoms with Crippen molar-refractivity contribution in [2.75, 3.05) is 13.2 Å². The highest BCUT2D eigenvalue weighted by atomic mass is 32.2. The lowest BCUT2D eigenvalue weighted by molar-refractivity contribution is -0.166. The number of hydrogen-bond acceptors (Lipinski definition) is 7. The average molecular weight is 340 g/mol. The third-order valence-corrected chi connectivity index (χ3v) is 2.84. The molecule has 0 saturated carbocycles. The Balaban J connectivity index is 5.36. The predicted molar refractivity (Wildman–Crippen MR) is 58.0 cm³/mol. The van der Waals surface area contributed by atoms with E-state index in [0.717, 1.165) is 0 Å². The molecule has 0 aromatic heterocycles. The first-order chi connectivity index (χ1) is 9.47. The van der Waals surface area contributed by atoms with E-state index in [-0.39, 0.29) is 6.61 Å². The van der Waals surface area contributed by atoms with Crippen molar-refractivity contribution < 1.29 is 49.2 Å². The molecule has 0 N–H and O–H groups in total. The van der Waals surface area contributed by atoms with E-state index in [1.54, 1.807) is 0 Å². The molecule has 0 radical (unpaired) electrons. The summed E-state index contributed by atoms with van der Waals surface area (Å²) >= 11 is 0. The van der Waals surface area contributed by atoms with Gasteiger partial charge in [0.25, 0.3) is 0 Å². The van der Waals surface area contributed by atoms with Gasteiger partial charge in [0.1, 0.15) is 0 Å². The number of hydrogen-bond donors (Lipinski definition) is 0. The van der Waals surface area contributed by atoms with Gasteiger partial charge in [0.15, 0.2) is 0 Å². The first-order valence-electron chi connectivity index (χ1n) is 5.44. The number of halogens is 4. The van der Waals surface area contributed by atoms with E-state index < -0.39 is 46.4 Å². The van der Waals surface area contributed by atoms with E-state index in [1.807, 2.05) is 0 Å². The quantitative estimate of drug-likeness (QED) is 0.291. The molecule has 0 aliphatic heterocycles. The zero-order chi connectivity index (χ0) is 16.8. The van der Waals surface area contributed by atoms with Gasteiger partial charge < -0.3 is 9.47 Å².